The predicted octanol–water partition coefficient (Wildman–Crippen LogP) is 5.78. The van der Waals surface area contributed by atoms with E-state index in [1.807, 2.05) is 12.1 Å². The number of rotatable bonds is 5. The van der Waals surface area contributed by atoms with Gasteiger partial charge in [0, 0.05) is 27.7 Å². The van der Waals surface area contributed by atoms with Gasteiger partial charge in [-0.1, -0.05) is 42.3 Å². The Hall–Kier alpha value is -1.02. The summed E-state index contributed by atoms with van der Waals surface area (Å²) in [6, 6.07) is 10.3. The number of aryl methyl sites for hydroxylation is 2. The van der Waals surface area contributed by atoms with Crippen LogP contribution in [-0.2, 0) is 6.54 Å². The summed E-state index contributed by atoms with van der Waals surface area (Å²) < 4.78 is 0. The van der Waals surface area contributed by atoms with Crippen molar-refractivity contribution >= 4 is 23.2 Å². The lowest BCUT2D eigenvalue weighted by molar-refractivity contribution is 0.675. The van der Waals surface area contributed by atoms with Crippen molar-refractivity contribution in [2.24, 2.45) is 0 Å². The van der Waals surface area contributed by atoms with E-state index < -0.39 is 0 Å². The molecule has 0 saturated carbocycles. The first-order chi connectivity index (χ1) is 10.0. The molecule has 2 aromatic rings. The van der Waals surface area contributed by atoms with Crippen LogP contribution < -0.4 is 5.32 Å². The number of hydrogen-bond acceptors (Lipinski definition) is 1. The van der Waals surface area contributed by atoms with Crippen LogP contribution in [0.3, 0.4) is 0 Å². The molecule has 0 amide bonds. The molecular weight excluding hydrogens is 301 g/mol. The fourth-order valence-corrected chi connectivity index (χ4v) is 2.91. The summed E-state index contributed by atoms with van der Waals surface area (Å²) in [5, 5.41) is 4.87. The Kier molecular flexibility index (Phi) is 5.69. The first kappa shape index (κ1) is 16.4. The minimum absolute atomic E-state index is 0.746. The minimum atomic E-state index is 0.746. The molecular formula is C18H21Cl2N. The first-order valence-electron chi connectivity index (χ1n) is 7.29. The molecule has 2 aromatic carbocycles. The fraction of sp³-hybridized carbons (Fsp3) is 0.333. The van der Waals surface area contributed by atoms with E-state index in [1.165, 1.54) is 16.7 Å². The van der Waals surface area contributed by atoms with Crippen molar-refractivity contribution < 1.29 is 0 Å². The first-order valence-corrected chi connectivity index (χ1v) is 8.04. The van der Waals surface area contributed by atoms with Gasteiger partial charge >= 0.3 is 0 Å². The molecule has 1 N–H and O–H groups in total. The second-order valence-electron chi connectivity index (χ2n) is 5.41. The van der Waals surface area contributed by atoms with Crippen LogP contribution in [0.5, 0.6) is 0 Å². The molecule has 0 aliphatic heterocycles. The number of nitrogens with one attached hydrogen (secondary N) is 1. The Morgan fingerprint density at radius 1 is 0.905 bits per heavy atom. The lowest BCUT2D eigenvalue weighted by Gasteiger charge is -2.12. The van der Waals surface area contributed by atoms with Crippen LogP contribution in [0, 0.1) is 13.8 Å². The maximum absolute atomic E-state index is 6.45. The van der Waals surface area contributed by atoms with Crippen LogP contribution >= 0.6 is 23.2 Å². The van der Waals surface area contributed by atoms with Crippen molar-refractivity contribution in [1.29, 1.82) is 0 Å². The van der Waals surface area contributed by atoms with Crippen molar-refractivity contribution in [1.82, 2.24) is 5.32 Å². The maximum Gasteiger partial charge on any atom is 0.0488 e. The zero-order valence-electron chi connectivity index (χ0n) is 12.8. The second-order valence-corrected chi connectivity index (χ2v) is 6.22. The van der Waals surface area contributed by atoms with E-state index in [-0.39, 0.29) is 0 Å². The topological polar surface area (TPSA) is 12.0 Å². The zero-order chi connectivity index (χ0) is 15.4. The Labute approximate surface area is 137 Å². The second kappa shape index (κ2) is 7.31. The summed E-state index contributed by atoms with van der Waals surface area (Å²) in [5.41, 5.74) is 5.60. The van der Waals surface area contributed by atoms with Crippen molar-refractivity contribution in [2.75, 3.05) is 6.54 Å². The van der Waals surface area contributed by atoms with Crippen LogP contribution in [0.15, 0.2) is 30.3 Å². The predicted molar refractivity (Wildman–Crippen MR) is 93.4 cm³/mol. The molecule has 0 fully saturated rings. The Bertz CT molecular complexity index is 635. The third-order valence-corrected chi connectivity index (χ3v) is 4.29. The minimum Gasteiger partial charge on any atom is -0.313 e. The molecule has 0 atom stereocenters. The molecule has 0 radical (unpaired) electrons. The average molecular weight is 322 g/mol. The molecule has 21 heavy (non-hydrogen) atoms. The Balaban J connectivity index is 2.31. The maximum atomic E-state index is 6.45. The lowest BCUT2D eigenvalue weighted by atomic mass is 9.99. The normalized spacial score (nSPS) is 10.9. The molecule has 0 aromatic heterocycles. The quantitative estimate of drug-likeness (QED) is 0.688. The van der Waals surface area contributed by atoms with Gasteiger partial charge in [0.2, 0.25) is 0 Å². The van der Waals surface area contributed by atoms with Crippen LogP contribution in [0.4, 0.5) is 0 Å². The molecule has 0 aliphatic carbocycles. The van der Waals surface area contributed by atoms with Crippen molar-refractivity contribution in [2.45, 2.75) is 33.7 Å². The van der Waals surface area contributed by atoms with E-state index in [9.17, 15) is 0 Å². The SMILES string of the molecule is CCCNCc1ccc(-c2cc(C)c(C)cc2Cl)c(Cl)c1. The summed E-state index contributed by atoms with van der Waals surface area (Å²) in [6.45, 7) is 8.17. The van der Waals surface area contributed by atoms with Crippen molar-refractivity contribution in [3.63, 3.8) is 0 Å². The fourth-order valence-electron chi connectivity index (χ4n) is 2.28. The number of benzene rings is 2. The smallest absolute Gasteiger partial charge is 0.0488 e. The van der Waals surface area contributed by atoms with Gasteiger partial charge in [0.25, 0.3) is 0 Å². The average Bonchev–Trinajstić information content (AvgIpc) is 2.44. The summed E-state index contributed by atoms with van der Waals surface area (Å²) in [4.78, 5) is 0. The van der Waals surface area contributed by atoms with Gasteiger partial charge in [0.15, 0.2) is 0 Å². The molecule has 0 heterocycles. The third kappa shape index (κ3) is 4.00. The lowest BCUT2D eigenvalue weighted by Crippen LogP contribution is -2.13. The molecule has 0 unspecified atom stereocenters. The van der Waals surface area contributed by atoms with E-state index in [2.05, 4.69) is 44.3 Å². The number of halogens is 2. The molecule has 0 aliphatic rings. The van der Waals surface area contributed by atoms with Gasteiger partial charge < -0.3 is 5.32 Å². The van der Waals surface area contributed by atoms with Gasteiger partial charge in [-0.3, -0.25) is 0 Å². The van der Waals surface area contributed by atoms with Crippen LogP contribution in [0.2, 0.25) is 10.0 Å². The number of hydrogen-bond donors (Lipinski definition) is 1. The van der Waals surface area contributed by atoms with Crippen molar-refractivity contribution in [3.8, 4) is 11.1 Å². The van der Waals surface area contributed by atoms with E-state index in [1.54, 1.807) is 0 Å². The zero-order valence-corrected chi connectivity index (χ0v) is 14.3. The molecule has 0 bridgehead atoms. The Morgan fingerprint density at radius 3 is 2.24 bits per heavy atom. The third-order valence-electron chi connectivity index (χ3n) is 3.66. The highest BCUT2D eigenvalue weighted by atomic mass is 35.5. The van der Waals surface area contributed by atoms with Gasteiger partial charge in [-0.15, -0.1) is 0 Å². The van der Waals surface area contributed by atoms with Gasteiger partial charge in [-0.25, -0.2) is 0 Å². The van der Waals surface area contributed by atoms with Crippen LogP contribution in [0.25, 0.3) is 11.1 Å². The highest BCUT2D eigenvalue weighted by Crippen LogP contribution is 2.35. The highest BCUT2D eigenvalue weighted by Gasteiger charge is 2.10. The molecule has 0 spiro atoms. The summed E-state index contributed by atoms with van der Waals surface area (Å²) >= 11 is 12.8. The molecule has 2 rings (SSSR count). The van der Waals surface area contributed by atoms with E-state index in [0.29, 0.717) is 0 Å². The van der Waals surface area contributed by atoms with E-state index >= 15 is 0 Å². The van der Waals surface area contributed by atoms with Gasteiger partial charge in [0.05, 0.1) is 0 Å². The summed E-state index contributed by atoms with van der Waals surface area (Å²) in [6.07, 6.45) is 1.13. The standard InChI is InChI=1S/C18H21Cl2N/c1-4-7-21-11-14-5-6-15(18(20)10-14)16-8-12(2)13(3)9-17(16)19/h5-6,8-10,21H,4,7,11H2,1-3H3. The molecule has 112 valence electrons. The van der Waals surface area contributed by atoms with Crippen LogP contribution in [0.1, 0.15) is 30.0 Å². The highest BCUT2D eigenvalue weighted by molar-refractivity contribution is 6.36. The van der Waals surface area contributed by atoms with Gasteiger partial charge in [0.1, 0.15) is 0 Å². The Morgan fingerprint density at radius 2 is 1.57 bits per heavy atom. The molecule has 3 heteroatoms. The van der Waals surface area contributed by atoms with E-state index in [4.69, 9.17) is 23.2 Å². The summed E-state index contributed by atoms with van der Waals surface area (Å²) in [7, 11) is 0. The largest absolute Gasteiger partial charge is 0.313 e. The van der Waals surface area contributed by atoms with Gasteiger partial charge in [-0.2, -0.15) is 0 Å². The molecule has 1 nitrogen and oxygen atoms in total. The van der Waals surface area contributed by atoms with Crippen LogP contribution in [-0.4, -0.2) is 6.54 Å². The van der Waals surface area contributed by atoms with E-state index in [0.717, 1.165) is 40.7 Å². The van der Waals surface area contributed by atoms with Crippen molar-refractivity contribution in [3.05, 3.63) is 57.1 Å². The monoisotopic (exact) mass is 321 g/mol. The molecule has 0 saturated heterocycles. The summed E-state index contributed by atoms with van der Waals surface area (Å²) in [5.74, 6) is 0. The van der Waals surface area contributed by atoms with Gasteiger partial charge in [-0.05, 0) is 61.7 Å².